The lowest BCUT2D eigenvalue weighted by Crippen LogP contribution is -2.38. The Kier molecular flexibility index (Phi) is 9.00. The molecule has 2 rings (SSSR count). The van der Waals surface area contributed by atoms with Crippen molar-refractivity contribution in [2.45, 2.75) is 19.4 Å². The van der Waals surface area contributed by atoms with E-state index >= 15 is 0 Å². The van der Waals surface area contributed by atoms with Gasteiger partial charge in [-0.15, -0.1) is 0 Å². The van der Waals surface area contributed by atoms with Crippen molar-refractivity contribution in [2.24, 2.45) is 4.99 Å². The molecule has 0 aliphatic carbocycles. The Morgan fingerprint density at radius 2 is 1.85 bits per heavy atom. The lowest BCUT2D eigenvalue weighted by atomic mass is 10.1. The summed E-state index contributed by atoms with van der Waals surface area (Å²) < 4.78 is 10.9. The molecule has 1 atom stereocenters. The lowest BCUT2D eigenvalue weighted by Gasteiger charge is -2.14. The van der Waals surface area contributed by atoms with E-state index in [4.69, 9.17) is 9.47 Å². The molecule has 2 aromatic rings. The van der Waals surface area contributed by atoms with E-state index in [0.29, 0.717) is 12.6 Å². The van der Waals surface area contributed by atoms with Crippen LogP contribution in [0, 0.1) is 0 Å². The smallest absolute Gasteiger partial charge is 0.191 e. The summed E-state index contributed by atoms with van der Waals surface area (Å²) >= 11 is 0. The maximum Gasteiger partial charge on any atom is 0.191 e. The van der Waals surface area contributed by atoms with Crippen LogP contribution in [0.2, 0.25) is 0 Å². The molecular weight excluding hydrogens is 342 g/mol. The van der Waals surface area contributed by atoms with Crippen molar-refractivity contribution in [3.05, 3.63) is 60.2 Å². The molecule has 3 N–H and O–H groups in total. The van der Waals surface area contributed by atoms with Gasteiger partial charge in [0.15, 0.2) is 5.96 Å². The Balaban J connectivity index is 1.77. The molecule has 0 fully saturated rings. The molecule has 2 aromatic carbocycles. The largest absolute Gasteiger partial charge is 0.497 e. The van der Waals surface area contributed by atoms with Crippen LogP contribution in [0.15, 0.2) is 59.6 Å². The molecule has 146 valence electrons. The van der Waals surface area contributed by atoms with Crippen LogP contribution >= 0.6 is 0 Å². The summed E-state index contributed by atoms with van der Waals surface area (Å²) in [6, 6.07) is 17.2. The van der Waals surface area contributed by atoms with Gasteiger partial charge in [0, 0.05) is 13.1 Å². The van der Waals surface area contributed by atoms with Crippen LogP contribution in [0.25, 0.3) is 0 Å². The summed E-state index contributed by atoms with van der Waals surface area (Å²) in [7, 11) is 1.61. The predicted molar refractivity (Wildman–Crippen MR) is 108 cm³/mol. The molecule has 0 saturated carbocycles. The van der Waals surface area contributed by atoms with E-state index in [1.807, 2.05) is 61.5 Å². The van der Waals surface area contributed by atoms with Gasteiger partial charge >= 0.3 is 0 Å². The number of aliphatic imine (C=N–C) groups is 1. The number of para-hydroxylation sites is 1. The summed E-state index contributed by atoms with van der Waals surface area (Å²) in [6.07, 6.45) is 0.162. The molecule has 1 unspecified atom stereocenters. The summed E-state index contributed by atoms with van der Waals surface area (Å²) in [5, 5.41) is 16.8. The minimum Gasteiger partial charge on any atom is -0.497 e. The number of aliphatic hydroxyl groups excluding tert-OH is 1. The molecule has 0 radical (unpaired) electrons. The average molecular weight is 371 g/mol. The fourth-order valence-corrected chi connectivity index (χ4v) is 2.46. The zero-order valence-electron chi connectivity index (χ0n) is 16.0. The van der Waals surface area contributed by atoms with Crippen LogP contribution in [-0.2, 0) is 0 Å². The number of hydrogen-bond donors (Lipinski definition) is 3. The molecule has 6 heteroatoms. The van der Waals surface area contributed by atoms with Gasteiger partial charge in [-0.25, -0.2) is 0 Å². The van der Waals surface area contributed by atoms with Gasteiger partial charge in [0.25, 0.3) is 0 Å². The van der Waals surface area contributed by atoms with Gasteiger partial charge < -0.3 is 25.2 Å². The van der Waals surface area contributed by atoms with Crippen LogP contribution in [0.5, 0.6) is 11.5 Å². The maximum absolute atomic E-state index is 10.4. The minimum absolute atomic E-state index is 0.267. The fourth-order valence-electron chi connectivity index (χ4n) is 2.46. The molecule has 0 amide bonds. The third kappa shape index (κ3) is 7.58. The second kappa shape index (κ2) is 11.8. The number of methoxy groups -OCH3 is 1. The van der Waals surface area contributed by atoms with Gasteiger partial charge in [0.05, 0.1) is 26.4 Å². The molecule has 0 spiro atoms. The van der Waals surface area contributed by atoms with E-state index in [1.165, 1.54) is 0 Å². The second-order valence-electron chi connectivity index (χ2n) is 5.95. The number of nitrogens with one attached hydrogen (secondary N) is 2. The number of guanidine groups is 1. The maximum atomic E-state index is 10.4. The SMILES string of the molecule is CCNC(=NCC(O)c1cccc(OC)c1)NCCCOc1ccccc1. The Hall–Kier alpha value is -2.73. The quantitative estimate of drug-likeness (QED) is 0.340. The Bertz CT molecular complexity index is 692. The summed E-state index contributed by atoms with van der Waals surface area (Å²) in [6.45, 7) is 4.38. The van der Waals surface area contributed by atoms with Gasteiger partial charge in [-0.2, -0.15) is 0 Å². The molecule has 0 aromatic heterocycles. The van der Waals surface area contributed by atoms with E-state index < -0.39 is 6.10 Å². The van der Waals surface area contributed by atoms with Crippen molar-refractivity contribution < 1.29 is 14.6 Å². The molecule has 0 heterocycles. The van der Waals surface area contributed by atoms with Crippen molar-refractivity contribution >= 4 is 5.96 Å². The van der Waals surface area contributed by atoms with Crippen molar-refractivity contribution in [1.82, 2.24) is 10.6 Å². The number of ether oxygens (including phenoxy) is 2. The van der Waals surface area contributed by atoms with Gasteiger partial charge in [-0.1, -0.05) is 30.3 Å². The fraction of sp³-hybridized carbons (Fsp3) is 0.381. The number of aliphatic hydroxyl groups is 1. The molecule has 0 saturated heterocycles. The molecular formula is C21H29N3O3. The zero-order chi connectivity index (χ0) is 19.3. The van der Waals surface area contributed by atoms with Crippen molar-refractivity contribution in [3.63, 3.8) is 0 Å². The first-order chi connectivity index (χ1) is 13.2. The predicted octanol–water partition coefficient (Wildman–Crippen LogP) is 2.75. The highest BCUT2D eigenvalue weighted by Crippen LogP contribution is 2.19. The minimum atomic E-state index is -0.683. The zero-order valence-corrected chi connectivity index (χ0v) is 16.0. The van der Waals surface area contributed by atoms with Gasteiger partial charge in [-0.3, -0.25) is 4.99 Å². The average Bonchev–Trinajstić information content (AvgIpc) is 2.72. The first-order valence-corrected chi connectivity index (χ1v) is 9.25. The highest BCUT2D eigenvalue weighted by Gasteiger charge is 2.08. The highest BCUT2D eigenvalue weighted by molar-refractivity contribution is 5.79. The summed E-state index contributed by atoms with van der Waals surface area (Å²) in [4.78, 5) is 4.46. The Morgan fingerprint density at radius 1 is 1.07 bits per heavy atom. The number of nitrogens with zero attached hydrogens (tertiary/aromatic N) is 1. The highest BCUT2D eigenvalue weighted by atomic mass is 16.5. The number of benzene rings is 2. The molecule has 0 aliphatic rings. The molecule has 6 nitrogen and oxygen atoms in total. The second-order valence-corrected chi connectivity index (χ2v) is 5.95. The van der Waals surface area contributed by atoms with E-state index in [-0.39, 0.29) is 6.54 Å². The summed E-state index contributed by atoms with van der Waals surface area (Å²) in [5.74, 6) is 2.28. The van der Waals surface area contributed by atoms with Crippen LogP contribution in [0.4, 0.5) is 0 Å². The van der Waals surface area contributed by atoms with Crippen LogP contribution in [0.1, 0.15) is 25.0 Å². The lowest BCUT2D eigenvalue weighted by molar-refractivity contribution is 0.186. The third-order valence-corrected chi connectivity index (χ3v) is 3.87. The van der Waals surface area contributed by atoms with Gasteiger partial charge in [-0.05, 0) is 43.2 Å². The standard InChI is InChI=1S/C21H29N3O3/c1-3-22-21(23-13-8-14-27-18-10-5-4-6-11-18)24-16-20(25)17-9-7-12-19(15-17)26-2/h4-7,9-12,15,20,25H,3,8,13-14,16H2,1-2H3,(H2,22,23,24). The van der Waals surface area contributed by atoms with Crippen LogP contribution in [0.3, 0.4) is 0 Å². The van der Waals surface area contributed by atoms with Crippen molar-refractivity contribution in [1.29, 1.82) is 0 Å². The van der Waals surface area contributed by atoms with E-state index in [1.54, 1.807) is 7.11 Å². The van der Waals surface area contributed by atoms with Gasteiger partial charge in [0.1, 0.15) is 11.5 Å². The van der Waals surface area contributed by atoms with Crippen LogP contribution in [-0.4, -0.2) is 44.4 Å². The Labute approximate surface area is 161 Å². The summed E-state index contributed by atoms with van der Waals surface area (Å²) in [5.41, 5.74) is 0.783. The molecule has 27 heavy (non-hydrogen) atoms. The van der Waals surface area contributed by atoms with Crippen molar-refractivity contribution in [3.8, 4) is 11.5 Å². The monoisotopic (exact) mass is 371 g/mol. The Morgan fingerprint density at radius 3 is 2.59 bits per heavy atom. The van der Waals surface area contributed by atoms with E-state index in [0.717, 1.165) is 36.6 Å². The van der Waals surface area contributed by atoms with Crippen molar-refractivity contribution in [2.75, 3.05) is 33.4 Å². The normalized spacial score (nSPS) is 12.3. The first kappa shape index (κ1) is 20.6. The topological polar surface area (TPSA) is 75.1 Å². The van der Waals surface area contributed by atoms with Gasteiger partial charge in [0.2, 0.25) is 0 Å². The van der Waals surface area contributed by atoms with Crippen LogP contribution < -0.4 is 20.1 Å². The number of rotatable bonds is 10. The molecule has 0 aliphatic heterocycles. The molecule has 0 bridgehead atoms. The first-order valence-electron chi connectivity index (χ1n) is 9.25. The number of hydrogen-bond acceptors (Lipinski definition) is 4. The third-order valence-electron chi connectivity index (χ3n) is 3.87. The van der Waals surface area contributed by atoms with E-state index in [9.17, 15) is 5.11 Å². The van der Waals surface area contributed by atoms with E-state index in [2.05, 4.69) is 15.6 Å².